The fourth-order valence-electron chi connectivity index (χ4n) is 5.03. The number of fused-ring (bicyclic) bond motifs is 1. The van der Waals surface area contributed by atoms with Crippen LogP contribution in [0.5, 0.6) is 23.0 Å². The zero-order chi connectivity index (χ0) is 36.8. The van der Waals surface area contributed by atoms with Crippen molar-refractivity contribution in [3.8, 4) is 23.0 Å². The predicted molar refractivity (Wildman–Crippen MR) is 191 cm³/mol. The molecular weight excluding hydrogens is 664 g/mol. The molecule has 1 atom stereocenters. The first-order valence-electron chi connectivity index (χ1n) is 16.3. The third-order valence-corrected chi connectivity index (χ3v) is 7.46. The molecule has 0 radical (unpaired) electrons. The molecule has 1 aliphatic heterocycles. The summed E-state index contributed by atoms with van der Waals surface area (Å²) in [5, 5.41) is 11.3. The Morgan fingerprint density at radius 1 is 0.980 bits per heavy atom. The molecule has 0 bridgehead atoms. The highest BCUT2D eigenvalue weighted by Gasteiger charge is 2.37. The van der Waals surface area contributed by atoms with Gasteiger partial charge < -0.3 is 23.7 Å². The van der Waals surface area contributed by atoms with E-state index in [4.69, 9.17) is 40.7 Å². The molecule has 2 N–H and O–H groups in total. The summed E-state index contributed by atoms with van der Waals surface area (Å²) in [4.78, 5) is 41.7. The standard InChI is InChI=1S/C37H45ClN4O8/c1-9-27-32(43)42(22-24-11-10-12-25(38)21-24)30-28(48-27)17-18-29(46-8)31(30)47-26-15-13-23(14-16-26)19-20-41(35(45)50-37(5,6)7)33(39)40-34(44)49-36(2,3)4/h10-18,21,27H,9,19-20,22H2,1-8H3,(H2,39,40,44). The molecule has 0 saturated carbocycles. The van der Waals surface area contributed by atoms with Gasteiger partial charge in [-0.15, -0.1) is 0 Å². The molecular formula is C37H45ClN4O8. The molecule has 12 nitrogen and oxygen atoms in total. The topological polar surface area (TPSA) is 140 Å². The summed E-state index contributed by atoms with van der Waals surface area (Å²) in [6.07, 6.45) is -1.52. The molecule has 50 heavy (non-hydrogen) atoms. The van der Waals surface area contributed by atoms with E-state index in [1.807, 2.05) is 37.3 Å². The fraction of sp³-hybridized carbons (Fsp3) is 0.405. The molecule has 0 saturated heterocycles. The minimum absolute atomic E-state index is 0.0280. The monoisotopic (exact) mass is 708 g/mol. The number of hydrogen-bond donors (Lipinski definition) is 2. The smallest absolute Gasteiger partial charge is 0.417 e. The van der Waals surface area contributed by atoms with E-state index < -0.39 is 35.5 Å². The van der Waals surface area contributed by atoms with Gasteiger partial charge >= 0.3 is 12.2 Å². The van der Waals surface area contributed by atoms with Crippen molar-refractivity contribution in [2.24, 2.45) is 0 Å². The normalized spacial score (nSPS) is 14.2. The molecule has 1 heterocycles. The van der Waals surface area contributed by atoms with Crippen LogP contribution in [0.15, 0.2) is 60.7 Å². The number of carbonyl (C=O) groups excluding carboxylic acids is 3. The number of nitrogens with one attached hydrogen (secondary N) is 2. The van der Waals surface area contributed by atoms with Crippen molar-refractivity contribution < 1.29 is 38.1 Å². The highest BCUT2D eigenvalue weighted by Crippen LogP contribution is 2.49. The van der Waals surface area contributed by atoms with Crippen LogP contribution in [-0.2, 0) is 27.2 Å². The number of alkyl carbamates (subject to hydrolysis) is 1. The van der Waals surface area contributed by atoms with Crippen molar-refractivity contribution in [2.75, 3.05) is 18.6 Å². The van der Waals surface area contributed by atoms with Gasteiger partial charge in [0.15, 0.2) is 17.6 Å². The number of benzene rings is 3. The van der Waals surface area contributed by atoms with Crippen molar-refractivity contribution in [3.63, 3.8) is 0 Å². The lowest BCUT2D eigenvalue weighted by atomic mass is 10.1. The first kappa shape index (κ1) is 37.8. The van der Waals surface area contributed by atoms with Crippen LogP contribution < -0.4 is 24.4 Å². The Kier molecular flexibility index (Phi) is 11.9. The zero-order valence-electron chi connectivity index (χ0n) is 29.7. The maximum atomic E-state index is 13.7. The number of carbonyl (C=O) groups is 3. The SMILES string of the molecule is CCC1Oc2ccc(OC)c(Oc3ccc(CCN(C(=N)NC(=O)OC(C)(C)C)C(=O)OC(C)(C)C)cc3)c2N(Cc2cccc(Cl)c2)C1=O. The summed E-state index contributed by atoms with van der Waals surface area (Å²) in [7, 11) is 1.52. The predicted octanol–water partition coefficient (Wildman–Crippen LogP) is 8.08. The van der Waals surface area contributed by atoms with E-state index in [1.165, 1.54) is 7.11 Å². The molecule has 3 aromatic rings. The molecule has 0 aromatic heterocycles. The second-order valence-electron chi connectivity index (χ2n) is 13.6. The minimum Gasteiger partial charge on any atom is -0.493 e. The van der Waals surface area contributed by atoms with Crippen molar-refractivity contribution in [1.82, 2.24) is 10.2 Å². The summed E-state index contributed by atoms with van der Waals surface area (Å²) in [6, 6.07) is 17.9. The lowest BCUT2D eigenvalue weighted by Crippen LogP contribution is -2.50. The van der Waals surface area contributed by atoms with Gasteiger partial charge in [-0.05, 0) is 102 Å². The van der Waals surface area contributed by atoms with Crippen molar-refractivity contribution in [1.29, 1.82) is 5.41 Å². The van der Waals surface area contributed by atoms with Crippen LogP contribution >= 0.6 is 11.6 Å². The fourth-order valence-corrected chi connectivity index (χ4v) is 5.24. The molecule has 0 spiro atoms. The lowest BCUT2D eigenvalue weighted by Gasteiger charge is -2.35. The Bertz CT molecular complexity index is 1720. The van der Waals surface area contributed by atoms with E-state index in [0.29, 0.717) is 46.5 Å². The highest BCUT2D eigenvalue weighted by molar-refractivity contribution is 6.30. The molecule has 3 aromatic carbocycles. The summed E-state index contributed by atoms with van der Waals surface area (Å²) in [5.41, 5.74) is 0.469. The maximum Gasteiger partial charge on any atom is 0.417 e. The third-order valence-electron chi connectivity index (χ3n) is 7.23. The van der Waals surface area contributed by atoms with Crippen LogP contribution in [0, 0.1) is 5.41 Å². The molecule has 268 valence electrons. The van der Waals surface area contributed by atoms with Crippen LogP contribution in [-0.4, -0.2) is 59.9 Å². The maximum absolute atomic E-state index is 13.7. The van der Waals surface area contributed by atoms with Crippen molar-refractivity contribution >= 4 is 41.3 Å². The van der Waals surface area contributed by atoms with Gasteiger partial charge in [0.2, 0.25) is 5.96 Å². The number of nitrogens with zero attached hydrogens (tertiary/aromatic N) is 2. The van der Waals surface area contributed by atoms with Gasteiger partial charge in [0, 0.05) is 11.6 Å². The Hall–Kier alpha value is -4.97. The molecule has 1 unspecified atom stereocenters. The molecule has 13 heteroatoms. The number of halogens is 1. The number of hydrogen-bond acceptors (Lipinski definition) is 9. The molecule has 0 aliphatic carbocycles. The van der Waals surface area contributed by atoms with E-state index in [1.54, 1.807) is 76.8 Å². The summed E-state index contributed by atoms with van der Waals surface area (Å²) >= 11 is 6.26. The molecule has 1 aliphatic rings. The minimum atomic E-state index is -0.862. The van der Waals surface area contributed by atoms with E-state index >= 15 is 0 Å². The average molecular weight is 709 g/mol. The largest absolute Gasteiger partial charge is 0.493 e. The second-order valence-corrected chi connectivity index (χ2v) is 14.1. The van der Waals surface area contributed by atoms with Gasteiger partial charge in [0.05, 0.1) is 13.7 Å². The number of methoxy groups -OCH3 is 1. The lowest BCUT2D eigenvalue weighted by molar-refractivity contribution is -0.126. The Balaban J connectivity index is 1.57. The van der Waals surface area contributed by atoms with Crippen LogP contribution in [0.4, 0.5) is 15.3 Å². The number of ether oxygens (including phenoxy) is 5. The first-order chi connectivity index (χ1) is 23.5. The molecule has 3 amide bonds. The van der Waals surface area contributed by atoms with Crippen LogP contribution in [0.2, 0.25) is 5.02 Å². The van der Waals surface area contributed by atoms with Gasteiger partial charge in [0.25, 0.3) is 5.91 Å². The number of amides is 3. The quantitative estimate of drug-likeness (QED) is 0.168. The number of anilines is 1. The van der Waals surface area contributed by atoms with Gasteiger partial charge in [-0.25, -0.2) is 14.5 Å². The second kappa shape index (κ2) is 15.7. The van der Waals surface area contributed by atoms with Crippen molar-refractivity contribution in [2.45, 2.75) is 85.2 Å². The van der Waals surface area contributed by atoms with Gasteiger partial charge in [-0.3, -0.25) is 20.4 Å². The van der Waals surface area contributed by atoms with Crippen molar-refractivity contribution in [3.05, 3.63) is 76.8 Å². The van der Waals surface area contributed by atoms with Crippen LogP contribution in [0.25, 0.3) is 0 Å². The van der Waals surface area contributed by atoms with Gasteiger partial charge in [-0.2, -0.15) is 0 Å². The zero-order valence-corrected chi connectivity index (χ0v) is 30.5. The number of rotatable bonds is 9. The number of guanidine groups is 1. The van der Waals surface area contributed by atoms with E-state index in [0.717, 1.165) is 16.0 Å². The Morgan fingerprint density at radius 3 is 2.26 bits per heavy atom. The molecule has 4 rings (SSSR count). The van der Waals surface area contributed by atoms with Gasteiger partial charge in [-0.1, -0.05) is 42.8 Å². The van der Waals surface area contributed by atoms with E-state index in [2.05, 4.69) is 5.32 Å². The highest BCUT2D eigenvalue weighted by atomic mass is 35.5. The summed E-state index contributed by atoms with van der Waals surface area (Å²) < 4.78 is 28.9. The van der Waals surface area contributed by atoms with Crippen LogP contribution in [0.3, 0.4) is 0 Å². The van der Waals surface area contributed by atoms with Gasteiger partial charge in [0.1, 0.15) is 28.4 Å². The van der Waals surface area contributed by atoms with E-state index in [9.17, 15) is 14.4 Å². The average Bonchev–Trinajstić information content (AvgIpc) is 3.01. The summed E-state index contributed by atoms with van der Waals surface area (Å²) in [6.45, 7) is 12.4. The Labute approximate surface area is 298 Å². The van der Waals surface area contributed by atoms with E-state index in [-0.39, 0.29) is 19.0 Å². The molecule has 0 fully saturated rings. The Morgan fingerprint density at radius 2 is 1.66 bits per heavy atom. The first-order valence-corrected chi connectivity index (χ1v) is 16.6. The third kappa shape index (κ3) is 10.0. The summed E-state index contributed by atoms with van der Waals surface area (Å²) in [5.74, 6) is 0.959. The van der Waals surface area contributed by atoms with Crippen LogP contribution in [0.1, 0.15) is 66.0 Å².